The molecule has 1 heterocycles. The molecule has 0 atom stereocenters. The van der Waals surface area contributed by atoms with Crippen molar-refractivity contribution in [3.8, 4) is 0 Å². The molecule has 0 bridgehead atoms. The summed E-state index contributed by atoms with van der Waals surface area (Å²) in [5.74, 6) is 0.407. The van der Waals surface area contributed by atoms with E-state index in [0.29, 0.717) is 24.7 Å². The molecule has 1 fully saturated rings. The normalized spacial score (nSPS) is 20.3. The van der Waals surface area contributed by atoms with E-state index in [4.69, 9.17) is 20.3 Å². The van der Waals surface area contributed by atoms with Gasteiger partial charge < -0.3 is 25.6 Å². The lowest BCUT2D eigenvalue weighted by molar-refractivity contribution is -0.137. The monoisotopic (exact) mass is 364 g/mol. The third-order valence-corrected chi connectivity index (χ3v) is 4.29. The van der Waals surface area contributed by atoms with Crippen LogP contribution in [0.15, 0.2) is 6.08 Å². The van der Waals surface area contributed by atoms with Crippen molar-refractivity contribution in [2.45, 2.75) is 51.7 Å². The van der Waals surface area contributed by atoms with Crippen LogP contribution in [0.3, 0.4) is 0 Å². The average molecular weight is 364 g/mol. The lowest BCUT2D eigenvalue weighted by Crippen LogP contribution is -2.31. The second-order valence-electron chi connectivity index (χ2n) is 6.23. The molecule has 144 valence electrons. The molecule has 1 aromatic rings. The van der Waals surface area contributed by atoms with Gasteiger partial charge in [-0.1, -0.05) is 0 Å². The van der Waals surface area contributed by atoms with Crippen LogP contribution < -0.4 is 11.1 Å². The predicted molar refractivity (Wildman–Crippen MR) is 99.6 cm³/mol. The highest BCUT2D eigenvalue weighted by atomic mass is 16.5. The minimum atomic E-state index is -0.406. The maximum Gasteiger partial charge on any atom is 0.330 e. The Morgan fingerprint density at radius 2 is 2.08 bits per heavy atom. The highest BCUT2D eigenvalue weighted by Gasteiger charge is 2.23. The van der Waals surface area contributed by atoms with Crippen molar-refractivity contribution in [3.63, 3.8) is 0 Å². The molecule has 8 heteroatoms. The number of nitrogens with one attached hydrogen (secondary N) is 1. The van der Waals surface area contributed by atoms with Gasteiger partial charge in [0.1, 0.15) is 5.82 Å². The van der Waals surface area contributed by atoms with Gasteiger partial charge >= 0.3 is 5.97 Å². The van der Waals surface area contributed by atoms with Gasteiger partial charge in [-0.3, -0.25) is 0 Å². The van der Waals surface area contributed by atoms with Crippen LogP contribution in [0.25, 0.3) is 6.08 Å². The number of aromatic nitrogens is 2. The van der Waals surface area contributed by atoms with Gasteiger partial charge in [0, 0.05) is 17.7 Å². The van der Waals surface area contributed by atoms with Gasteiger partial charge in [-0.2, -0.15) is 4.98 Å². The minimum absolute atomic E-state index is 0.0494. The van der Waals surface area contributed by atoms with E-state index in [1.54, 1.807) is 13.0 Å². The molecule has 2 rings (SSSR count). The number of anilines is 2. The van der Waals surface area contributed by atoms with Gasteiger partial charge in [-0.05, 0) is 45.6 Å². The first-order valence-corrected chi connectivity index (χ1v) is 9.01. The Morgan fingerprint density at radius 3 is 2.73 bits per heavy atom. The first-order chi connectivity index (χ1) is 12.5. The lowest BCUT2D eigenvalue weighted by Gasteiger charge is -2.29. The molecule has 1 aliphatic rings. The number of aliphatic hydroxyl groups is 1. The third-order valence-electron chi connectivity index (χ3n) is 4.29. The highest BCUT2D eigenvalue weighted by Crippen LogP contribution is 2.26. The number of nitrogens with two attached hydrogens (primary N) is 1. The van der Waals surface area contributed by atoms with E-state index in [1.807, 2.05) is 6.92 Å². The van der Waals surface area contributed by atoms with Crippen molar-refractivity contribution in [1.82, 2.24) is 9.97 Å². The summed E-state index contributed by atoms with van der Waals surface area (Å²) in [6.07, 6.45) is 6.93. The molecular formula is C18H28N4O4. The molecule has 1 saturated carbocycles. The summed E-state index contributed by atoms with van der Waals surface area (Å²) in [4.78, 5) is 20.1. The predicted octanol–water partition coefficient (Wildman–Crippen LogP) is 1.68. The molecule has 8 nitrogen and oxygen atoms in total. The Hall–Kier alpha value is -2.19. The fourth-order valence-electron chi connectivity index (χ4n) is 3.04. The summed E-state index contributed by atoms with van der Waals surface area (Å²) in [5.41, 5.74) is 7.22. The van der Waals surface area contributed by atoms with E-state index in [9.17, 15) is 4.79 Å². The van der Waals surface area contributed by atoms with Gasteiger partial charge in [-0.25, -0.2) is 9.78 Å². The average Bonchev–Trinajstić information content (AvgIpc) is 2.60. The van der Waals surface area contributed by atoms with Crippen LogP contribution in [0, 0.1) is 6.92 Å². The summed E-state index contributed by atoms with van der Waals surface area (Å²) in [7, 11) is 0. The lowest BCUT2D eigenvalue weighted by atomic mass is 9.93. The molecular weight excluding hydrogens is 336 g/mol. The second-order valence-corrected chi connectivity index (χ2v) is 6.23. The molecule has 26 heavy (non-hydrogen) atoms. The number of aliphatic hydroxyl groups excluding tert-OH is 1. The molecule has 0 unspecified atom stereocenters. The van der Waals surface area contributed by atoms with Gasteiger partial charge in [0.2, 0.25) is 5.95 Å². The van der Waals surface area contributed by atoms with E-state index < -0.39 is 5.97 Å². The molecule has 0 saturated heterocycles. The zero-order chi connectivity index (χ0) is 18.9. The molecule has 0 amide bonds. The Bertz CT molecular complexity index is 628. The Balaban J connectivity index is 2.05. The Kier molecular flexibility index (Phi) is 7.80. The number of carbonyl (C=O) groups is 1. The fraction of sp³-hybridized carbons (Fsp3) is 0.611. The topological polar surface area (TPSA) is 120 Å². The molecule has 1 aliphatic carbocycles. The third kappa shape index (κ3) is 5.96. The van der Waals surface area contributed by atoms with Crippen LogP contribution in [-0.2, 0) is 14.3 Å². The standard InChI is InChI=1S/C18H28N4O4/c1-3-25-16(24)9-8-15-12(2)20-18(19)22-17(15)21-13-4-6-14(7-5-13)26-11-10-23/h8-9,13-14,23H,3-7,10-11H2,1-2H3,(H3,19,20,21,22)/b9-8+. The number of nitrogens with zero attached hydrogens (tertiary/aromatic N) is 2. The number of rotatable bonds is 8. The van der Waals surface area contributed by atoms with E-state index in [1.165, 1.54) is 6.08 Å². The van der Waals surface area contributed by atoms with Crippen molar-refractivity contribution in [2.24, 2.45) is 0 Å². The molecule has 0 aromatic carbocycles. The quantitative estimate of drug-likeness (QED) is 0.471. The number of aryl methyl sites for hydroxylation is 1. The van der Waals surface area contributed by atoms with Crippen LogP contribution in [0.2, 0.25) is 0 Å². The van der Waals surface area contributed by atoms with Crippen LogP contribution in [0.4, 0.5) is 11.8 Å². The van der Waals surface area contributed by atoms with Gasteiger partial charge in [0.05, 0.1) is 31.6 Å². The highest BCUT2D eigenvalue weighted by molar-refractivity contribution is 5.88. The molecule has 1 aromatic heterocycles. The van der Waals surface area contributed by atoms with Crippen LogP contribution in [0.5, 0.6) is 0 Å². The maximum absolute atomic E-state index is 11.6. The Labute approximate surface area is 153 Å². The van der Waals surface area contributed by atoms with E-state index in [2.05, 4.69) is 15.3 Å². The smallest absolute Gasteiger partial charge is 0.330 e. The van der Waals surface area contributed by atoms with E-state index in [-0.39, 0.29) is 24.7 Å². The van der Waals surface area contributed by atoms with Gasteiger partial charge in [0.25, 0.3) is 0 Å². The van der Waals surface area contributed by atoms with Crippen molar-refractivity contribution in [3.05, 3.63) is 17.3 Å². The summed E-state index contributed by atoms with van der Waals surface area (Å²) in [6.45, 7) is 4.35. The number of carbonyl (C=O) groups excluding carboxylic acids is 1. The fourth-order valence-corrected chi connectivity index (χ4v) is 3.04. The summed E-state index contributed by atoms with van der Waals surface area (Å²) in [6, 6.07) is 0.243. The van der Waals surface area contributed by atoms with E-state index >= 15 is 0 Å². The molecule has 0 radical (unpaired) electrons. The van der Waals surface area contributed by atoms with E-state index in [0.717, 1.165) is 31.2 Å². The van der Waals surface area contributed by atoms with Crippen molar-refractivity contribution in [1.29, 1.82) is 0 Å². The SMILES string of the molecule is CCOC(=O)/C=C/c1c(C)nc(N)nc1NC1CCC(OCCO)CC1. The Morgan fingerprint density at radius 1 is 1.35 bits per heavy atom. The summed E-state index contributed by atoms with van der Waals surface area (Å²) < 4.78 is 10.5. The largest absolute Gasteiger partial charge is 0.463 e. The molecule has 4 N–H and O–H groups in total. The van der Waals surface area contributed by atoms with Crippen LogP contribution in [-0.4, -0.2) is 53.0 Å². The van der Waals surface area contributed by atoms with Crippen LogP contribution in [0.1, 0.15) is 43.9 Å². The van der Waals surface area contributed by atoms with Crippen molar-refractivity contribution in [2.75, 3.05) is 30.9 Å². The van der Waals surface area contributed by atoms with Crippen molar-refractivity contribution >= 4 is 23.8 Å². The number of hydrogen-bond acceptors (Lipinski definition) is 8. The molecule has 0 spiro atoms. The first kappa shape index (κ1) is 20.1. The number of esters is 1. The van der Waals surface area contributed by atoms with Crippen LogP contribution >= 0.6 is 0 Å². The minimum Gasteiger partial charge on any atom is -0.463 e. The zero-order valence-electron chi connectivity index (χ0n) is 15.4. The number of nitrogen functional groups attached to an aromatic ring is 1. The molecule has 0 aliphatic heterocycles. The zero-order valence-corrected chi connectivity index (χ0v) is 15.4. The van der Waals surface area contributed by atoms with Crippen molar-refractivity contribution < 1.29 is 19.4 Å². The summed E-state index contributed by atoms with van der Waals surface area (Å²) in [5, 5.41) is 12.3. The number of hydrogen-bond donors (Lipinski definition) is 3. The van der Waals surface area contributed by atoms with Gasteiger partial charge in [-0.15, -0.1) is 0 Å². The maximum atomic E-state index is 11.6. The van der Waals surface area contributed by atoms with Gasteiger partial charge in [0.15, 0.2) is 0 Å². The second kappa shape index (κ2) is 10.1. The first-order valence-electron chi connectivity index (χ1n) is 9.01. The number of ether oxygens (including phenoxy) is 2. The summed E-state index contributed by atoms with van der Waals surface area (Å²) >= 11 is 0.